The number of urea groups is 2. The van der Waals surface area contributed by atoms with Gasteiger partial charge in [0.05, 0.1) is 26.1 Å². The molecule has 10 heteroatoms. The Balaban J connectivity index is 0.000000271. The second-order valence-electron chi connectivity index (χ2n) is 9.27. The van der Waals surface area contributed by atoms with Crippen molar-refractivity contribution in [3.05, 3.63) is 0 Å². The van der Waals surface area contributed by atoms with Crippen LogP contribution in [-0.4, -0.2) is 63.4 Å². The Hall–Kier alpha value is -2.52. The molecule has 3 rings (SSSR count). The summed E-state index contributed by atoms with van der Waals surface area (Å²) in [5.41, 5.74) is 0. The average Bonchev–Trinajstić information content (AvgIpc) is 3.56. The van der Waals surface area contributed by atoms with E-state index in [0.717, 1.165) is 0 Å². The smallest absolute Gasteiger partial charge is 0.314 e. The molecule has 4 unspecified atom stereocenters. The number of rotatable bonds is 10. The molecular weight excluding hydrogens is 464 g/mol. The van der Waals surface area contributed by atoms with Crippen LogP contribution < -0.4 is 21.3 Å². The summed E-state index contributed by atoms with van der Waals surface area (Å²) in [4.78, 5) is 43.2. The molecule has 3 saturated carbocycles. The van der Waals surface area contributed by atoms with Crippen LogP contribution in [0, 0.1) is 23.7 Å². The van der Waals surface area contributed by atoms with E-state index in [1.165, 1.54) is 23.7 Å². The third-order valence-corrected chi connectivity index (χ3v) is 6.86. The highest BCUT2D eigenvalue weighted by molar-refractivity contribution is 5.75. The summed E-state index contributed by atoms with van der Waals surface area (Å²) in [7, 11) is 0. The fraction of sp³-hybridized carbons (Fsp3) is 0.846. The first-order chi connectivity index (χ1) is 17.4. The fourth-order valence-electron chi connectivity index (χ4n) is 5.49. The van der Waals surface area contributed by atoms with Gasteiger partial charge in [0.15, 0.2) is 0 Å². The second-order valence-corrected chi connectivity index (χ2v) is 9.27. The van der Waals surface area contributed by atoms with Gasteiger partial charge in [-0.25, -0.2) is 9.59 Å². The molecule has 4 N–H and O–H groups in total. The first kappa shape index (κ1) is 31.5. The molecule has 3 fully saturated rings. The zero-order chi connectivity index (χ0) is 26.8. The Labute approximate surface area is 216 Å². The number of esters is 2. The number of hydrogen-bond acceptors (Lipinski definition) is 6. The lowest BCUT2D eigenvalue weighted by molar-refractivity contribution is -0.143. The normalized spacial score (nSPS) is 22.6. The Morgan fingerprint density at radius 3 is 1.42 bits per heavy atom. The Morgan fingerprint density at radius 2 is 1.06 bits per heavy atom. The molecule has 208 valence electrons. The van der Waals surface area contributed by atoms with E-state index in [-0.39, 0.29) is 36.8 Å². The Morgan fingerprint density at radius 1 is 0.639 bits per heavy atom. The number of amides is 4. The van der Waals surface area contributed by atoms with Gasteiger partial charge in [-0.15, -0.1) is 0 Å². The average molecular weight is 513 g/mol. The van der Waals surface area contributed by atoms with Crippen molar-refractivity contribution in [3.63, 3.8) is 0 Å². The van der Waals surface area contributed by atoms with Crippen molar-refractivity contribution >= 4 is 24.0 Å². The maximum absolute atomic E-state index is 10.8. The maximum Gasteiger partial charge on any atom is 0.314 e. The first-order valence-corrected chi connectivity index (χ1v) is 13.7. The van der Waals surface area contributed by atoms with Crippen molar-refractivity contribution in [2.75, 3.05) is 39.4 Å². The topological polar surface area (TPSA) is 135 Å². The summed E-state index contributed by atoms with van der Waals surface area (Å²) in [6, 6.07) is -0.515. The number of hydrogen-bond donors (Lipinski definition) is 4. The number of carbonyl (C=O) groups excluding carboxylic acids is 4. The summed E-state index contributed by atoms with van der Waals surface area (Å²) in [5, 5.41) is 10.1. The Bertz CT molecular complexity index is 585. The highest BCUT2D eigenvalue weighted by Gasteiger charge is 2.48. The van der Waals surface area contributed by atoms with E-state index < -0.39 is 0 Å². The molecule has 0 aliphatic heterocycles. The number of nitrogens with one attached hydrogen (secondary N) is 4. The standard InChI is InChI=1S/C10H16.2C8H16N2O3/c1-2-9-7-4-5-8(6-7)10(9)3-1;2*1-3-9-8(12)10-6-5-7(11)13-4-2/h7-10H,1-6H2;2*3-6H2,1-2H3,(H2,9,10,12). The molecule has 4 atom stereocenters. The van der Waals surface area contributed by atoms with Gasteiger partial charge in [-0.1, -0.05) is 6.42 Å². The fourth-order valence-corrected chi connectivity index (χ4v) is 5.49. The minimum Gasteiger partial charge on any atom is -0.466 e. The van der Waals surface area contributed by atoms with Gasteiger partial charge in [-0.05, 0) is 83.5 Å². The van der Waals surface area contributed by atoms with E-state index in [0.29, 0.717) is 39.4 Å². The molecular formula is C26H48N4O6. The number of fused-ring (bicyclic) bond motifs is 5. The molecule has 4 amide bonds. The van der Waals surface area contributed by atoms with Crippen molar-refractivity contribution in [2.24, 2.45) is 23.7 Å². The maximum atomic E-state index is 10.8. The second kappa shape index (κ2) is 18.7. The minimum atomic E-state index is -0.292. The van der Waals surface area contributed by atoms with Gasteiger partial charge in [0.1, 0.15) is 0 Å². The molecule has 10 nitrogen and oxygen atoms in total. The molecule has 3 aliphatic carbocycles. The van der Waals surface area contributed by atoms with Crippen molar-refractivity contribution in [3.8, 4) is 0 Å². The first-order valence-electron chi connectivity index (χ1n) is 13.7. The van der Waals surface area contributed by atoms with Crippen LogP contribution in [0.2, 0.25) is 0 Å². The zero-order valence-corrected chi connectivity index (χ0v) is 22.7. The van der Waals surface area contributed by atoms with Crippen LogP contribution in [0.1, 0.15) is 79.1 Å². The molecule has 0 heterocycles. The van der Waals surface area contributed by atoms with E-state index in [9.17, 15) is 19.2 Å². The van der Waals surface area contributed by atoms with Crippen molar-refractivity contribution in [1.29, 1.82) is 0 Å². The quantitative estimate of drug-likeness (QED) is 0.332. The van der Waals surface area contributed by atoms with E-state index in [1.807, 2.05) is 13.8 Å². The summed E-state index contributed by atoms with van der Waals surface area (Å²) >= 11 is 0. The van der Waals surface area contributed by atoms with Gasteiger partial charge in [-0.3, -0.25) is 9.59 Å². The van der Waals surface area contributed by atoms with Crippen LogP contribution in [0.3, 0.4) is 0 Å². The van der Waals surface area contributed by atoms with Crippen LogP contribution in [0.5, 0.6) is 0 Å². The summed E-state index contributed by atoms with van der Waals surface area (Å²) in [6.07, 6.45) is 9.96. The molecule has 2 bridgehead atoms. The van der Waals surface area contributed by atoms with E-state index >= 15 is 0 Å². The van der Waals surface area contributed by atoms with E-state index in [4.69, 9.17) is 0 Å². The molecule has 3 aliphatic rings. The highest BCUT2D eigenvalue weighted by atomic mass is 16.5. The summed E-state index contributed by atoms with van der Waals surface area (Å²) in [5.74, 6) is 4.21. The molecule has 0 aromatic carbocycles. The van der Waals surface area contributed by atoms with Crippen LogP contribution in [0.15, 0.2) is 0 Å². The lowest BCUT2D eigenvalue weighted by Crippen LogP contribution is -2.36. The predicted octanol–water partition coefficient (Wildman–Crippen LogP) is 3.35. The monoisotopic (exact) mass is 512 g/mol. The SMILES string of the molecule is C1CC2C3CCC(C3)C2C1.CCNC(=O)NCCC(=O)OCC.CCNC(=O)NCCC(=O)OCC. The summed E-state index contributed by atoms with van der Waals surface area (Å²) in [6.45, 7) is 9.66. The molecule has 0 saturated heterocycles. The van der Waals surface area contributed by atoms with Gasteiger partial charge >= 0.3 is 24.0 Å². The zero-order valence-electron chi connectivity index (χ0n) is 22.7. The van der Waals surface area contributed by atoms with Crippen LogP contribution >= 0.6 is 0 Å². The highest BCUT2D eigenvalue weighted by Crippen LogP contribution is 2.58. The van der Waals surface area contributed by atoms with Gasteiger partial charge in [0, 0.05) is 26.2 Å². The minimum absolute atomic E-state index is 0.213. The lowest BCUT2D eigenvalue weighted by Gasteiger charge is -2.23. The third kappa shape index (κ3) is 12.4. The Kier molecular flexibility index (Phi) is 16.4. The van der Waals surface area contributed by atoms with Crippen molar-refractivity contribution in [1.82, 2.24) is 21.3 Å². The van der Waals surface area contributed by atoms with Crippen LogP contribution in [-0.2, 0) is 19.1 Å². The van der Waals surface area contributed by atoms with Gasteiger partial charge < -0.3 is 30.7 Å². The molecule has 0 aromatic rings. The van der Waals surface area contributed by atoms with Gasteiger partial charge in [-0.2, -0.15) is 0 Å². The molecule has 0 radical (unpaired) electrons. The van der Waals surface area contributed by atoms with Crippen molar-refractivity contribution in [2.45, 2.75) is 79.1 Å². The lowest BCUT2D eigenvalue weighted by atomic mass is 9.82. The third-order valence-electron chi connectivity index (χ3n) is 6.86. The van der Waals surface area contributed by atoms with Gasteiger partial charge in [0.25, 0.3) is 0 Å². The van der Waals surface area contributed by atoms with Crippen LogP contribution in [0.25, 0.3) is 0 Å². The van der Waals surface area contributed by atoms with E-state index in [2.05, 4.69) is 30.7 Å². The summed E-state index contributed by atoms with van der Waals surface area (Å²) < 4.78 is 9.35. The largest absolute Gasteiger partial charge is 0.466 e. The molecule has 36 heavy (non-hydrogen) atoms. The predicted molar refractivity (Wildman–Crippen MR) is 138 cm³/mol. The number of ether oxygens (including phenoxy) is 2. The molecule has 0 spiro atoms. The van der Waals surface area contributed by atoms with Crippen LogP contribution in [0.4, 0.5) is 9.59 Å². The van der Waals surface area contributed by atoms with E-state index in [1.54, 1.807) is 52.4 Å². The van der Waals surface area contributed by atoms with Gasteiger partial charge in [0.2, 0.25) is 0 Å². The van der Waals surface area contributed by atoms with Crippen molar-refractivity contribution < 1.29 is 28.7 Å². The molecule has 0 aromatic heterocycles. The number of carbonyl (C=O) groups is 4.